The number of aryl methyl sites for hydroxylation is 2. The van der Waals surface area contributed by atoms with Crippen molar-refractivity contribution in [2.75, 3.05) is 5.32 Å². The van der Waals surface area contributed by atoms with Crippen molar-refractivity contribution in [1.29, 1.82) is 0 Å². The molecule has 31 heavy (non-hydrogen) atoms. The Bertz CT molecular complexity index is 1450. The number of nitrogens with zero attached hydrogens (tertiary/aromatic N) is 6. The van der Waals surface area contributed by atoms with Crippen LogP contribution in [-0.2, 0) is 7.05 Å². The largest absolute Gasteiger partial charge is 0.455 e. The van der Waals surface area contributed by atoms with Crippen molar-refractivity contribution in [2.24, 2.45) is 7.05 Å². The Morgan fingerprint density at radius 2 is 1.94 bits per heavy atom. The van der Waals surface area contributed by atoms with Crippen molar-refractivity contribution >= 4 is 45.3 Å². The van der Waals surface area contributed by atoms with Crippen LogP contribution in [0.5, 0.6) is 11.5 Å². The molecule has 0 bridgehead atoms. The molecule has 5 rings (SSSR count). The quantitative estimate of drug-likeness (QED) is 0.399. The van der Waals surface area contributed by atoms with E-state index in [0.717, 1.165) is 11.2 Å². The Labute approximate surface area is 180 Å². The van der Waals surface area contributed by atoms with Gasteiger partial charge in [-0.3, -0.25) is 0 Å². The normalized spacial score (nSPS) is 11.2. The Morgan fingerprint density at radius 1 is 1.06 bits per heavy atom. The number of hydrogen-bond acceptors (Lipinski definition) is 7. The van der Waals surface area contributed by atoms with Crippen LogP contribution in [-0.4, -0.2) is 29.5 Å². The first kappa shape index (κ1) is 19.1. The molecule has 0 fully saturated rings. The molecule has 1 N–H and O–H groups in total. The number of pyridine rings is 2. The van der Waals surface area contributed by atoms with Crippen LogP contribution in [0.3, 0.4) is 0 Å². The summed E-state index contributed by atoms with van der Waals surface area (Å²) >= 11 is 5.99. The second-order valence-corrected chi connectivity index (χ2v) is 7.31. The Morgan fingerprint density at radius 3 is 2.81 bits per heavy atom. The number of anilines is 2. The monoisotopic (exact) mass is 435 g/mol. The number of halogens is 2. The fourth-order valence-electron chi connectivity index (χ4n) is 3.18. The van der Waals surface area contributed by atoms with Gasteiger partial charge in [-0.2, -0.15) is 0 Å². The molecule has 0 aliphatic rings. The predicted molar refractivity (Wildman–Crippen MR) is 115 cm³/mol. The molecule has 0 unspecified atom stereocenters. The molecular formula is C21H15ClFN7O. The van der Waals surface area contributed by atoms with Gasteiger partial charge in [0.15, 0.2) is 11.5 Å². The van der Waals surface area contributed by atoms with Gasteiger partial charge in [-0.15, -0.1) is 0 Å². The maximum absolute atomic E-state index is 14.9. The van der Waals surface area contributed by atoms with E-state index in [-0.39, 0.29) is 5.69 Å². The van der Waals surface area contributed by atoms with Gasteiger partial charge in [0.25, 0.3) is 0 Å². The number of nitrogens with one attached hydrogen (secondary N) is 1. The second-order valence-electron chi connectivity index (χ2n) is 6.92. The van der Waals surface area contributed by atoms with Gasteiger partial charge in [0, 0.05) is 19.2 Å². The van der Waals surface area contributed by atoms with Crippen LogP contribution in [0.2, 0.25) is 5.15 Å². The molecule has 0 aliphatic carbocycles. The third kappa shape index (κ3) is 3.59. The molecule has 4 aromatic heterocycles. The van der Waals surface area contributed by atoms with Gasteiger partial charge in [-0.1, -0.05) is 11.6 Å². The zero-order valence-electron chi connectivity index (χ0n) is 16.5. The van der Waals surface area contributed by atoms with Gasteiger partial charge in [-0.25, -0.2) is 29.3 Å². The minimum Gasteiger partial charge on any atom is -0.455 e. The molecule has 0 aliphatic heterocycles. The van der Waals surface area contributed by atoms with E-state index in [1.807, 2.05) is 18.5 Å². The average molecular weight is 436 g/mol. The van der Waals surface area contributed by atoms with E-state index in [0.29, 0.717) is 39.0 Å². The SMILES string of the molecule is Cc1cc(Nc2ncnc3ccc(Cl)nc23)c(F)cc1Oc1cnc2c(c1)ncn2C. The Hall–Kier alpha value is -3.85. The summed E-state index contributed by atoms with van der Waals surface area (Å²) in [6.07, 6.45) is 4.63. The number of aromatic nitrogens is 6. The minimum atomic E-state index is -0.513. The van der Waals surface area contributed by atoms with E-state index in [1.165, 1.54) is 12.4 Å². The minimum absolute atomic E-state index is 0.227. The van der Waals surface area contributed by atoms with Crippen LogP contribution in [0.15, 0.2) is 49.2 Å². The van der Waals surface area contributed by atoms with E-state index in [4.69, 9.17) is 16.3 Å². The lowest BCUT2D eigenvalue weighted by Gasteiger charge is -2.13. The number of fused-ring (bicyclic) bond motifs is 2. The third-order valence-electron chi connectivity index (χ3n) is 4.72. The van der Waals surface area contributed by atoms with E-state index in [9.17, 15) is 4.39 Å². The summed E-state index contributed by atoms with van der Waals surface area (Å²) < 4.78 is 22.6. The molecule has 0 saturated heterocycles. The molecule has 0 saturated carbocycles. The molecule has 0 atom stereocenters. The van der Waals surface area contributed by atoms with Crippen molar-refractivity contribution in [3.05, 3.63) is 65.7 Å². The highest BCUT2D eigenvalue weighted by atomic mass is 35.5. The summed E-state index contributed by atoms with van der Waals surface area (Å²) in [5.41, 5.74) is 3.41. The fourth-order valence-corrected chi connectivity index (χ4v) is 3.33. The molecular weight excluding hydrogens is 421 g/mol. The molecule has 1 aromatic carbocycles. The van der Waals surface area contributed by atoms with E-state index < -0.39 is 5.82 Å². The van der Waals surface area contributed by atoms with Crippen LogP contribution < -0.4 is 10.1 Å². The molecule has 0 spiro atoms. The molecule has 0 radical (unpaired) electrons. The average Bonchev–Trinajstić information content (AvgIpc) is 3.12. The zero-order valence-corrected chi connectivity index (χ0v) is 17.2. The summed E-state index contributed by atoms with van der Waals surface area (Å²) in [7, 11) is 1.86. The van der Waals surface area contributed by atoms with Crippen molar-refractivity contribution < 1.29 is 9.13 Å². The van der Waals surface area contributed by atoms with Gasteiger partial charge in [0.2, 0.25) is 0 Å². The first-order chi connectivity index (χ1) is 15.0. The van der Waals surface area contributed by atoms with Crippen LogP contribution in [0.1, 0.15) is 5.56 Å². The smallest absolute Gasteiger partial charge is 0.160 e. The number of imidazole rings is 1. The molecule has 8 nitrogen and oxygen atoms in total. The third-order valence-corrected chi connectivity index (χ3v) is 4.93. The Balaban J connectivity index is 1.46. The molecule has 4 heterocycles. The van der Waals surface area contributed by atoms with Gasteiger partial charge in [-0.05, 0) is 30.7 Å². The van der Waals surface area contributed by atoms with Gasteiger partial charge < -0.3 is 14.6 Å². The molecule has 5 aromatic rings. The van der Waals surface area contributed by atoms with Gasteiger partial charge in [0.05, 0.1) is 23.7 Å². The summed E-state index contributed by atoms with van der Waals surface area (Å²) in [6.45, 7) is 1.82. The first-order valence-corrected chi connectivity index (χ1v) is 9.65. The molecule has 10 heteroatoms. The zero-order chi connectivity index (χ0) is 21.5. The number of benzene rings is 1. The summed E-state index contributed by atoms with van der Waals surface area (Å²) in [6, 6.07) is 8.06. The highest BCUT2D eigenvalue weighted by molar-refractivity contribution is 6.29. The lowest BCUT2D eigenvalue weighted by Crippen LogP contribution is -2.01. The summed E-state index contributed by atoms with van der Waals surface area (Å²) in [5.74, 6) is 0.675. The Kier molecular flexibility index (Phi) is 4.59. The number of hydrogen-bond donors (Lipinski definition) is 1. The molecule has 0 amide bonds. The van der Waals surface area contributed by atoms with Crippen LogP contribution in [0.4, 0.5) is 15.9 Å². The number of ether oxygens (including phenoxy) is 1. The van der Waals surface area contributed by atoms with Crippen LogP contribution in [0, 0.1) is 12.7 Å². The lowest BCUT2D eigenvalue weighted by molar-refractivity contribution is 0.472. The van der Waals surface area contributed by atoms with Crippen molar-refractivity contribution in [2.45, 2.75) is 6.92 Å². The maximum atomic E-state index is 14.9. The summed E-state index contributed by atoms with van der Waals surface area (Å²) in [5, 5.41) is 3.27. The fraction of sp³-hybridized carbons (Fsp3) is 0.0952. The van der Waals surface area contributed by atoms with Crippen molar-refractivity contribution in [1.82, 2.24) is 29.5 Å². The maximum Gasteiger partial charge on any atom is 0.160 e. The van der Waals surface area contributed by atoms with E-state index in [2.05, 4.69) is 30.2 Å². The van der Waals surface area contributed by atoms with Crippen molar-refractivity contribution in [3.8, 4) is 11.5 Å². The van der Waals surface area contributed by atoms with Crippen molar-refractivity contribution in [3.63, 3.8) is 0 Å². The first-order valence-electron chi connectivity index (χ1n) is 9.27. The standard InChI is InChI=1S/C21H15ClFN7O/c1-11-5-15(28-20-19-14(25-9-26-20)3-4-18(22)29-19)13(23)7-17(11)31-12-6-16-21(24-8-12)30(2)10-27-16/h3-10H,1-2H3,(H,25,26,28). The number of rotatable bonds is 4. The lowest BCUT2D eigenvalue weighted by atomic mass is 10.2. The van der Waals surface area contributed by atoms with E-state index in [1.54, 1.807) is 36.8 Å². The van der Waals surface area contributed by atoms with Gasteiger partial charge in [0.1, 0.15) is 39.8 Å². The van der Waals surface area contributed by atoms with Gasteiger partial charge >= 0.3 is 0 Å². The highest BCUT2D eigenvalue weighted by Crippen LogP contribution is 2.32. The van der Waals surface area contributed by atoms with E-state index >= 15 is 0 Å². The van der Waals surface area contributed by atoms with Crippen LogP contribution >= 0.6 is 11.6 Å². The van der Waals surface area contributed by atoms with Crippen LogP contribution in [0.25, 0.3) is 22.2 Å². The summed E-state index contributed by atoms with van der Waals surface area (Å²) in [4.78, 5) is 21.2. The highest BCUT2D eigenvalue weighted by Gasteiger charge is 2.14. The second kappa shape index (κ2) is 7.44. The predicted octanol–water partition coefficient (Wildman–Crippen LogP) is 4.94. The topological polar surface area (TPSA) is 90.6 Å². The molecule has 154 valence electrons.